The highest BCUT2D eigenvalue weighted by Crippen LogP contribution is 2.40. The van der Waals surface area contributed by atoms with E-state index in [1.54, 1.807) is 10.9 Å². The molecule has 1 aromatic heterocycles. The van der Waals surface area contributed by atoms with Crippen molar-refractivity contribution in [3.8, 4) is 11.5 Å². The first-order valence-corrected chi connectivity index (χ1v) is 6.81. The summed E-state index contributed by atoms with van der Waals surface area (Å²) in [6.45, 7) is 4.80. The molecule has 0 saturated carbocycles. The summed E-state index contributed by atoms with van der Waals surface area (Å²) in [5, 5.41) is 20.0. The van der Waals surface area contributed by atoms with Gasteiger partial charge in [0.05, 0.1) is 25.9 Å². The lowest BCUT2D eigenvalue weighted by Gasteiger charge is -2.16. The average Bonchev–Trinajstić information content (AvgIpc) is 2.98. The number of ether oxygens (including phenoxy) is 2. The van der Waals surface area contributed by atoms with Gasteiger partial charge in [0.1, 0.15) is 5.69 Å². The minimum Gasteiger partial charge on any atom is -0.449 e. The number of benzene rings is 1. The van der Waals surface area contributed by atoms with E-state index >= 15 is 0 Å². The van der Waals surface area contributed by atoms with Crippen LogP contribution < -0.4 is 14.8 Å². The summed E-state index contributed by atoms with van der Waals surface area (Å²) in [5.41, 5.74) is 1.73. The van der Waals surface area contributed by atoms with Crippen LogP contribution in [0.1, 0.15) is 19.5 Å². The van der Waals surface area contributed by atoms with Crippen LogP contribution in [0.3, 0.4) is 0 Å². The van der Waals surface area contributed by atoms with Crippen LogP contribution in [0, 0.1) is 0 Å². The zero-order valence-corrected chi connectivity index (χ0v) is 12.0. The maximum atomic E-state index is 8.84. The number of aliphatic hydroxyl groups is 1. The topological polar surface area (TPSA) is 81.4 Å². The van der Waals surface area contributed by atoms with Gasteiger partial charge in [-0.15, -0.1) is 5.10 Å². The average molecular weight is 290 g/mol. The lowest BCUT2D eigenvalue weighted by molar-refractivity contribution is -0.0431. The van der Waals surface area contributed by atoms with Crippen LogP contribution >= 0.6 is 0 Å². The largest absolute Gasteiger partial charge is 0.449 e. The molecule has 7 nitrogen and oxygen atoms in total. The van der Waals surface area contributed by atoms with Gasteiger partial charge in [-0.1, -0.05) is 5.21 Å². The number of hydrogen-bond acceptors (Lipinski definition) is 6. The molecule has 0 radical (unpaired) electrons. The molecule has 1 aliphatic rings. The molecular weight excluding hydrogens is 272 g/mol. The molecule has 0 aliphatic carbocycles. The first-order valence-electron chi connectivity index (χ1n) is 6.81. The van der Waals surface area contributed by atoms with Crippen molar-refractivity contribution in [1.29, 1.82) is 0 Å². The van der Waals surface area contributed by atoms with E-state index in [0.29, 0.717) is 13.1 Å². The van der Waals surface area contributed by atoms with Crippen molar-refractivity contribution >= 4 is 5.69 Å². The predicted octanol–water partition coefficient (Wildman–Crippen LogP) is 1.39. The Labute approximate surface area is 122 Å². The van der Waals surface area contributed by atoms with E-state index in [-0.39, 0.29) is 6.61 Å². The maximum absolute atomic E-state index is 8.84. The lowest BCUT2D eigenvalue weighted by Crippen LogP contribution is -2.29. The van der Waals surface area contributed by atoms with Crippen LogP contribution in [-0.2, 0) is 13.1 Å². The van der Waals surface area contributed by atoms with Gasteiger partial charge in [0.15, 0.2) is 11.5 Å². The van der Waals surface area contributed by atoms with E-state index in [1.807, 2.05) is 32.0 Å². The molecule has 21 heavy (non-hydrogen) atoms. The molecule has 0 saturated heterocycles. The highest BCUT2D eigenvalue weighted by atomic mass is 16.7. The third-order valence-electron chi connectivity index (χ3n) is 3.04. The molecule has 2 heterocycles. The number of anilines is 1. The normalized spacial score (nSPS) is 15.2. The van der Waals surface area contributed by atoms with E-state index in [0.717, 1.165) is 22.9 Å². The van der Waals surface area contributed by atoms with Crippen LogP contribution in [-0.4, -0.2) is 32.5 Å². The molecule has 0 amide bonds. The van der Waals surface area contributed by atoms with Crippen molar-refractivity contribution in [1.82, 2.24) is 15.0 Å². The fourth-order valence-corrected chi connectivity index (χ4v) is 2.16. The van der Waals surface area contributed by atoms with Crippen LogP contribution in [0.25, 0.3) is 0 Å². The standard InChI is InChI=1S/C14H18N4O3/c1-14(2)20-12-4-3-10(7-13(12)21-14)15-8-11-9-18(5-6-19)17-16-11/h3-4,7,9,15,19H,5-6,8H2,1-2H3. The first kappa shape index (κ1) is 13.7. The monoisotopic (exact) mass is 290 g/mol. The Morgan fingerprint density at radius 3 is 2.90 bits per heavy atom. The Bertz CT molecular complexity index is 639. The van der Waals surface area contributed by atoms with Crippen LogP contribution in [0.4, 0.5) is 5.69 Å². The van der Waals surface area contributed by atoms with Crippen LogP contribution in [0.5, 0.6) is 11.5 Å². The SMILES string of the molecule is CC1(C)Oc2ccc(NCc3cn(CCO)nn3)cc2O1. The second-order valence-electron chi connectivity index (χ2n) is 5.32. The fourth-order valence-electron chi connectivity index (χ4n) is 2.16. The third-order valence-corrected chi connectivity index (χ3v) is 3.04. The molecular formula is C14H18N4O3. The smallest absolute Gasteiger partial charge is 0.246 e. The Balaban J connectivity index is 1.64. The summed E-state index contributed by atoms with van der Waals surface area (Å²) in [5.74, 6) is 0.863. The number of aliphatic hydroxyl groups excluding tert-OH is 1. The van der Waals surface area contributed by atoms with Gasteiger partial charge in [0.25, 0.3) is 0 Å². The summed E-state index contributed by atoms with van der Waals surface area (Å²) >= 11 is 0. The lowest BCUT2D eigenvalue weighted by atomic mass is 10.2. The molecule has 2 N–H and O–H groups in total. The van der Waals surface area contributed by atoms with Crippen molar-refractivity contribution in [2.75, 3.05) is 11.9 Å². The molecule has 2 aromatic rings. The Morgan fingerprint density at radius 1 is 1.29 bits per heavy atom. The summed E-state index contributed by atoms with van der Waals surface area (Å²) < 4.78 is 13.0. The second kappa shape index (κ2) is 5.25. The van der Waals surface area contributed by atoms with Gasteiger partial charge in [0.2, 0.25) is 5.79 Å². The van der Waals surface area contributed by atoms with Gasteiger partial charge >= 0.3 is 0 Å². The molecule has 0 unspecified atom stereocenters. The number of nitrogens with zero attached hydrogens (tertiary/aromatic N) is 3. The van der Waals surface area contributed by atoms with E-state index < -0.39 is 5.79 Å². The fraction of sp³-hybridized carbons (Fsp3) is 0.429. The van der Waals surface area contributed by atoms with E-state index in [2.05, 4.69) is 15.6 Å². The van der Waals surface area contributed by atoms with E-state index in [4.69, 9.17) is 14.6 Å². The van der Waals surface area contributed by atoms with Gasteiger partial charge in [-0.05, 0) is 12.1 Å². The number of rotatable bonds is 5. The molecule has 1 aromatic carbocycles. The van der Waals surface area contributed by atoms with Crippen molar-refractivity contribution in [2.45, 2.75) is 32.7 Å². The van der Waals surface area contributed by atoms with Crippen molar-refractivity contribution < 1.29 is 14.6 Å². The minimum absolute atomic E-state index is 0.0498. The summed E-state index contributed by atoms with van der Waals surface area (Å²) in [6.07, 6.45) is 1.80. The summed E-state index contributed by atoms with van der Waals surface area (Å²) in [7, 11) is 0. The third kappa shape index (κ3) is 3.08. The van der Waals surface area contributed by atoms with Crippen molar-refractivity contribution in [3.63, 3.8) is 0 Å². The van der Waals surface area contributed by atoms with Gasteiger partial charge in [-0.3, -0.25) is 0 Å². The van der Waals surface area contributed by atoms with Gasteiger partial charge < -0.3 is 19.9 Å². The predicted molar refractivity (Wildman–Crippen MR) is 76.2 cm³/mol. The van der Waals surface area contributed by atoms with Crippen LogP contribution in [0.15, 0.2) is 24.4 Å². The van der Waals surface area contributed by atoms with Gasteiger partial charge in [0, 0.05) is 25.6 Å². The highest BCUT2D eigenvalue weighted by molar-refractivity contribution is 5.56. The maximum Gasteiger partial charge on any atom is 0.246 e. The Kier molecular flexibility index (Phi) is 3.42. The number of hydrogen-bond donors (Lipinski definition) is 2. The zero-order valence-electron chi connectivity index (χ0n) is 12.0. The van der Waals surface area contributed by atoms with E-state index in [1.165, 1.54) is 0 Å². The number of nitrogens with one attached hydrogen (secondary N) is 1. The Hall–Kier alpha value is -2.28. The Morgan fingerprint density at radius 2 is 2.10 bits per heavy atom. The van der Waals surface area contributed by atoms with E-state index in [9.17, 15) is 0 Å². The van der Waals surface area contributed by atoms with Crippen molar-refractivity contribution in [3.05, 3.63) is 30.1 Å². The molecule has 1 aliphatic heterocycles. The van der Waals surface area contributed by atoms with Crippen LogP contribution in [0.2, 0.25) is 0 Å². The summed E-state index contributed by atoms with van der Waals surface area (Å²) in [6, 6.07) is 5.72. The molecule has 3 rings (SSSR count). The summed E-state index contributed by atoms with van der Waals surface area (Å²) in [4.78, 5) is 0. The minimum atomic E-state index is -0.617. The molecule has 0 bridgehead atoms. The molecule has 0 fully saturated rings. The molecule has 112 valence electrons. The number of aromatic nitrogens is 3. The van der Waals surface area contributed by atoms with Gasteiger partial charge in [-0.2, -0.15) is 0 Å². The molecule has 0 atom stereocenters. The highest BCUT2D eigenvalue weighted by Gasteiger charge is 2.31. The second-order valence-corrected chi connectivity index (χ2v) is 5.32. The van der Waals surface area contributed by atoms with Crippen molar-refractivity contribution in [2.24, 2.45) is 0 Å². The van der Waals surface area contributed by atoms with Gasteiger partial charge in [-0.25, -0.2) is 4.68 Å². The molecule has 7 heteroatoms. The molecule has 0 spiro atoms. The zero-order chi connectivity index (χ0) is 14.9. The quantitative estimate of drug-likeness (QED) is 0.866. The first-order chi connectivity index (χ1) is 10.1. The number of fused-ring (bicyclic) bond motifs is 1.